The third kappa shape index (κ3) is 2.83. The van der Waals surface area contributed by atoms with Crippen molar-refractivity contribution in [2.45, 2.75) is 6.92 Å². The van der Waals surface area contributed by atoms with Gasteiger partial charge in [-0.15, -0.1) is 0 Å². The van der Waals surface area contributed by atoms with Gasteiger partial charge in [0.05, 0.1) is 5.56 Å². The lowest BCUT2D eigenvalue weighted by Gasteiger charge is -2.08. The molecular weight excluding hydrogens is 261 g/mol. The molecule has 2 aromatic carbocycles. The first kappa shape index (κ1) is 13.7. The summed E-state index contributed by atoms with van der Waals surface area (Å²) in [5.74, 6) is -2.61. The summed E-state index contributed by atoms with van der Waals surface area (Å²) < 4.78 is 13.5. The van der Waals surface area contributed by atoms with Crippen LogP contribution in [0.4, 0.5) is 10.1 Å². The molecule has 0 radical (unpaired) electrons. The number of nitrogens with one attached hydrogen (secondary N) is 1. The van der Waals surface area contributed by atoms with Gasteiger partial charge >= 0.3 is 5.97 Å². The summed E-state index contributed by atoms with van der Waals surface area (Å²) >= 11 is 0. The van der Waals surface area contributed by atoms with Crippen molar-refractivity contribution in [3.8, 4) is 0 Å². The van der Waals surface area contributed by atoms with E-state index in [1.807, 2.05) is 6.07 Å². The number of carboxylic acids is 1. The minimum Gasteiger partial charge on any atom is -0.478 e. The molecule has 0 atom stereocenters. The maximum Gasteiger partial charge on any atom is 0.338 e. The van der Waals surface area contributed by atoms with E-state index in [1.165, 1.54) is 6.07 Å². The lowest BCUT2D eigenvalue weighted by Crippen LogP contribution is -2.13. The van der Waals surface area contributed by atoms with Gasteiger partial charge in [0.1, 0.15) is 5.82 Å². The van der Waals surface area contributed by atoms with Crippen LogP contribution in [0.15, 0.2) is 42.5 Å². The third-order valence-electron chi connectivity index (χ3n) is 2.85. The second-order valence-corrected chi connectivity index (χ2v) is 4.27. The zero-order valence-corrected chi connectivity index (χ0v) is 10.7. The van der Waals surface area contributed by atoms with E-state index in [1.54, 1.807) is 25.1 Å². The Morgan fingerprint density at radius 2 is 1.80 bits per heavy atom. The lowest BCUT2D eigenvalue weighted by molar-refractivity contribution is 0.0692. The van der Waals surface area contributed by atoms with E-state index >= 15 is 0 Å². The van der Waals surface area contributed by atoms with Crippen molar-refractivity contribution < 1.29 is 19.1 Å². The second kappa shape index (κ2) is 5.52. The molecule has 0 spiro atoms. The van der Waals surface area contributed by atoms with Crippen molar-refractivity contribution in [3.63, 3.8) is 0 Å². The van der Waals surface area contributed by atoms with Crippen LogP contribution in [0.3, 0.4) is 0 Å². The fraction of sp³-hybridized carbons (Fsp3) is 0.0667. The molecule has 0 heterocycles. The van der Waals surface area contributed by atoms with Crippen LogP contribution >= 0.6 is 0 Å². The number of amides is 1. The van der Waals surface area contributed by atoms with Gasteiger partial charge in [0.25, 0.3) is 5.91 Å². The average molecular weight is 273 g/mol. The maximum atomic E-state index is 13.5. The number of halogens is 1. The average Bonchev–Trinajstić information content (AvgIpc) is 2.38. The molecule has 5 heteroatoms. The van der Waals surface area contributed by atoms with Crippen molar-refractivity contribution in [2.24, 2.45) is 0 Å². The zero-order valence-electron chi connectivity index (χ0n) is 10.7. The molecule has 4 nitrogen and oxygen atoms in total. The number of anilines is 1. The van der Waals surface area contributed by atoms with Crippen LogP contribution in [0.1, 0.15) is 26.3 Å². The number of hydrogen-bond acceptors (Lipinski definition) is 2. The Labute approximate surface area is 114 Å². The minimum atomic E-state index is -1.35. The van der Waals surface area contributed by atoms with E-state index in [0.717, 1.165) is 17.7 Å². The Morgan fingerprint density at radius 1 is 1.10 bits per heavy atom. The molecule has 102 valence electrons. The Kier molecular flexibility index (Phi) is 3.79. The van der Waals surface area contributed by atoms with Crippen LogP contribution in [0.25, 0.3) is 0 Å². The second-order valence-electron chi connectivity index (χ2n) is 4.27. The molecule has 2 aromatic rings. The molecule has 0 bridgehead atoms. The molecule has 0 aliphatic carbocycles. The number of aryl methyl sites for hydroxylation is 1. The van der Waals surface area contributed by atoms with Gasteiger partial charge in [-0.3, -0.25) is 4.79 Å². The monoisotopic (exact) mass is 273 g/mol. The van der Waals surface area contributed by atoms with Gasteiger partial charge in [-0.1, -0.05) is 18.2 Å². The Morgan fingerprint density at radius 3 is 2.40 bits per heavy atom. The van der Waals surface area contributed by atoms with Crippen molar-refractivity contribution >= 4 is 17.6 Å². The molecule has 0 aromatic heterocycles. The van der Waals surface area contributed by atoms with Crippen molar-refractivity contribution in [3.05, 3.63) is 65.0 Å². The smallest absolute Gasteiger partial charge is 0.338 e. The topological polar surface area (TPSA) is 66.4 Å². The van der Waals surface area contributed by atoms with E-state index < -0.39 is 17.3 Å². The largest absolute Gasteiger partial charge is 0.478 e. The van der Waals surface area contributed by atoms with Gasteiger partial charge in [0, 0.05) is 11.3 Å². The maximum absolute atomic E-state index is 13.5. The van der Waals surface area contributed by atoms with Gasteiger partial charge in [-0.2, -0.15) is 0 Å². The fourth-order valence-electron chi connectivity index (χ4n) is 1.79. The molecule has 0 unspecified atom stereocenters. The lowest BCUT2D eigenvalue weighted by atomic mass is 10.1. The van der Waals surface area contributed by atoms with E-state index in [9.17, 15) is 14.0 Å². The molecule has 0 saturated heterocycles. The van der Waals surface area contributed by atoms with Crippen molar-refractivity contribution in [1.82, 2.24) is 0 Å². The van der Waals surface area contributed by atoms with E-state index in [0.29, 0.717) is 5.56 Å². The molecule has 0 aliphatic heterocycles. The SMILES string of the molecule is Cc1ccccc1C(=O)Nc1ccc(C(=O)O)c(F)c1. The molecule has 2 N–H and O–H groups in total. The van der Waals surface area contributed by atoms with Crippen LogP contribution < -0.4 is 5.32 Å². The van der Waals surface area contributed by atoms with Crippen molar-refractivity contribution in [2.75, 3.05) is 5.32 Å². The summed E-state index contributed by atoms with van der Waals surface area (Å²) in [5, 5.41) is 11.3. The molecule has 0 aliphatic rings. The van der Waals surface area contributed by atoms with Crippen LogP contribution in [0, 0.1) is 12.7 Å². The normalized spacial score (nSPS) is 10.1. The minimum absolute atomic E-state index is 0.209. The number of aromatic carboxylic acids is 1. The molecule has 2 rings (SSSR count). The quantitative estimate of drug-likeness (QED) is 0.903. The molecule has 0 saturated carbocycles. The Balaban J connectivity index is 2.23. The third-order valence-corrected chi connectivity index (χ3v) is 2.85. The standard InChI is InChI=1S/C15H12FNO3/c1-9-4-2-3-5-11(9)14(18)17-10-6-7-12(15(19)20)13(16)8-10/h2-8H,1H3,(H,17,18)(H,19,20). The summed E-state index contributed by atoms with van der Waals surface area (Å²) in [6.07, 6.45) is 0. The predicted molar refractivity (Wildman–Crippen MR) is 72.5 cm³/mol. The van der Waals surface area contributed by atoms with E-state index in [4.69, 9.17) is 5.11 Å². The number of benzene rings is 2. The number of carboxylic acid groups (broad SMARTS) is 1. The number of rotatable bonds is 3. The molecular formula is C15H12FNO3. The number of carbonyl (C=O) groups excluding carboxylic acids is 1. The fourth-order valence-corrected chi connectivity index (χ4v) is 1.79. The highest BCUT2D eigenvalue weighted by molar-refractivity contribution is 6.05. The summed E-state index contributed by atoms with van der Waals surface area (Å²) in [5.41, 5.74) is 1.06. The predicted octanol–water partition coefficient (Wildman–Crippen LogP) is 3.08. The van der Waals surface area contributed by atoms with Gasteiger partial charge in [0.15, 0.2) is 0 Å². The number of hydrogen-bond donors (Lipinski definition) is 2. The molecule has 20 heavy (non-hydrogen) atoms. The van der Waals surface area contributed by atoms with Gasteiger partial charge < -0.3 is 10.4 Å². The highest BCUT2D eigenvalue weighted by Gasteiger charge is 2.13. The van der Waals surface area contributed by atoms with E-state index in [2.05, 4.69) is 5.32 Å². The first-order valence-electron chi connectivity index (χ1n) is 5.89. The summed E-state index contributed by atoms with van der Waals surface area (Å²) in [7, 11) is 0. The summed E-state index contributed by atoms with van der Waals surface area (Å²) in [6, 6.07) is 10.5. The summed E-state index contributed by atoms with van der Waals surface area (Å²) in [4.78, 5) is 22.7. The summed E-state index contributed by atoms with van der Waals surface area (Å²) in [6.45, 7) is 1.79. The van der Waals surface area contributed by atoms with E-state index in [-0.39, 0.29) is 11.6 Å². The molecule has 1 amide bonds. The highest BCUT2D eigenvalue weighted by Crippen LogP contribution is 2.16. The Bertz CT molecular complexity index is 683. The first-order valence-corrected chi connectivity index (χ1v) is 5.89. The zero-order chi connectivity index (χ0) is 14.7. The van der Waals surface area contributed by atoms with Crippen molar-refractivity contribution in [1.29, 1.82) is 0 Å². The van der Waals surface area contributed by atoms with Crippen LogP contribution in [-0.2, 0) is 0 Å². The molecule has 0 fully saturated rings. The van der Waals surface area contributed by atoms with Gasteiger partial charge in [-0.25, -0.2) is 9.18 Å². The highest BCUT2D eigenvalue weighted by atomic mass is 19.1. The first-order chi connectivity index (χ1) is 9.49. The van der Waals surface area contributed by atoms with Crippen LogP contribution in [0.2, 0.25) is 0 Å². The van der Waals surface area contributed by atoms with Gasteiger partial charge in [0.2, 0.25) is 0 Å². The number of carbonyl (C=O) groups is 2. The Hall–Kier alpha value is -2.69. The van der Waals surface area contributed by atoms with Crippen LogP contribution in [0.5, 0.6) is 0 Å². The van der Waals surface area contributed by atoms with Crippen LogP contribution in [-0.4, -0.2) is 17.0 Å². The van der Waals surface area contributed by atoms with Gasteiger partial charge in [-0.05, 0) is 36.8 Å².